The molecule has 154 valence electrons. The van der Waals surface area contributed by atoms with E-state index in [2.05, 4.69) is 6.58 Å². The third-order valence-electron chi connectivity index (χ3n) is 5.84. The Morgan fingerprint density at radius 2 is 1.83 bits per heavy atom. The van der Waals surface area contributed by atoms with Crippen LogP contribution in [-0.2, 0) is 4.79 Å². The quantitative estimate of drug-likeness (QED) is 0.457. The highest BCUT2D eigenvalue weighted by molar-refractivity contribution is 6.31. The highest BCUT2D eigenvalue weighted by Crippen LogP contribution is 2.52. The lowest BCUT2D eigenvalue weighted by atomic mass is 9.67. The minimum atomic E-state index is -0.583. The summed E-state index contributed by atoms with van der Waals surface area (Å²) >= 11 is 12.2. The number of benzene rings is 2. The topological polar surface area (TPSA) is 20.3 Å². The summed E-state index contributed by atoms with van der Waals surface area (Å²) < 4.78 is 13.8. The molecule has 1 saturated heterocycles. The molecule has 1 amide bonds. The zero-order valence-corrected chi connectivity index (χ0v) is 18.5. The van der Waals surface area contributed by atoms with E-state index < -0.39 is 11.2 Å². The van der Waals surface area contributed by atoms with Gasteiger partial charge in [0.25, 0.3) is 0 Å². The second-order valence-electron chi connectivity index (χ2n) is 8.34. The largest absolute Gasteiger partial charge is 0.332 e. The Kier molecular flexibility index (Phi) is 6.40. The summed E-state index contributed by atoms with van der Waals surface area (Å²) in [6.45, 7) is 9.89. The summed E-state index contributed by atoms with van der Waals surface area (Å²) in [4.78, 5) is 15.5. The van der Waals surface area contributed by atoms with Crippen molar-refractivity contribution in [2.45, 2.75) is 51.6 Å². The van der Waals surface area contributed by atoms with Crippen LogP contribution < -0.4 is 0 Å². The van der Waals surface area contributed by atoms with Gasteiger partial charge in [0.05, 0.1) is 16.5 Å². The van der Waals surface area contributed by atoms with Crippen LogP contribution in [0.4, 0.5) is 4.39 Å². The Labute approximate surface area is 182 Å². The zero-order chi connectivity index (χ0) is 21.3. The van der Waals surface area contributed by atoms with Gasteiger partial charge in [0.2, 0.25) is 5.91 Å². The van der Waals surface area contributed by atoms with Crippen LogP contribution in [0.3, 0.4) is 0 Å². The molecule has 3 rings (SSSR count). The second kappa shape index (κ2) is 8.49. The Morgan fingerprint density at radius 3 is 2.38 bits per heavy atom. The molecule has 2 nitrogen and oxygen atoms in total. The molecule has 29 heavy (non-hydrogen) atoms. The normalized spacial score (nSPS) is 24.8. The Hall–Kier alpha value is -1.84. The number of nitrogens with zero attached hydrogens (tertiary/aromatic N) is 1. The summed E-state index contributed by atoms with van der Waals surface area (Å²) in [6.07, 6.45) is 3.00. The highest BCUT2D eigenvalue weighted by Gasteiger charge is 2.49. The van der Waals surface area contributed by atoms with Crippen LogP contribution >= 0.6 is 23.2 Å². The van der Waals surface area contributed by atoms with Gasteiger partial charge in [-0.05, 0) is 62.1 Å². The summed E-state index contributed by atoms with van der Waals surface area (Å²) in [6, 6.07) is 12.3. The molecule has 1 aliphatic heterocycles. The molecule has 5 heteroatoms. The van der Waals surface area contributed by atoms with Crippen LogP contribution in [0.5, 0.6) is 0 Å². The molecule has 3 unspecified atom stereocenters. The van der Waals surface area contributed by atoms with Crippen molar-refractivity contribution in [3.63, 3.8) is 0 Å². The van der Waals surface area contributed by atoms with Crippen molar-refractivity contribution in [3.8, 4) is 0 Å². The summed E-state index contributed by atoms with van der Waals surface area (Å²) in [5.41, 5.74) is 1.34. The number of hydrogen-bond donors (Lipinski definition) is 0. The molecule has 0 bridgehead atoms. The first-order chi connectivity index (χ1) is 13.7. The monoisotopic (exact) mass is 433 g/mol. The Balaban J connectivity index is 2.19. The van der Waals surface area contributed by atoms with E-state index in [9.17, 15) is 9.18 Å². The molecule has 2 aromatic carbocycles. The van der Waals surface area contributed by atoms with Gasteiger partial charge in [-0.1, -0.05) is 54.4 Å². The third-order valence-corrected chi connectivity index (χ3v) is 6.38. The first-order valence-electron chi connectivity index (χ1n) is 9.82. The lowest BCUT2D eigenvalue weighted by Crippen LogP contribution is -2.54. The first-order valence-corrected chi connectivity index (χ1v) is 10.6. The molecule has 2 aromatic rings. The van der Waals surface area contributed by atoms with Gasteiger partial charge in [-0.2, -0.15) is 0 Å². The van der Waals surface area contributed by atoms with Crippen LogP contribution in [0.15, 0.2) is 55.1 Å². The van der Waals surface area contributed by atoms with E-state index >= 15 is 0 Å². The molecule has 0 N–H and O–H groups in total. The summed E-state index contributed by atoms with van der Waals surface area (Å²) in [5, 5.41) is 0.737. The van der Waals surface area contributed by atoms with Crippen molar-refractivity contribution in [2.75, 3.05) is 0 Å². The van der Waals surface area contributed by atoms with Gasteiger partial charge >= 0.3 is 0 Å². The van der Waals surface area contributed by atoms with Gasteiger partial charge < -0.3 is 4.90 Å². The number of carbonyl (C=O) groups excluding carboxylic acids is 1. The maximum absolute atomic E-state index is 13.8. The van der Waals surface area contributed by atoms with Crippen LogP contribution in [0.1, 0.15) is 56.7 Å². The van der Waals surface area contributed by atoms with Gasteiger partial charge in [0.15, 0.2) is 0 Å². The molecule has 0 aliphatic carbocycles. The van der Waals surface area contributed by atoms with E-state index in [1.807, 2.05) is 49.9 Å². The molecule has 0 aromatic heterocycles. The molecule has 3 atom stereocenters. The second-order valence-corrected chi connectivity index (χ2v) is 9.18. The van der Waals surface area contributed by atoms with Crippen LogP contribution in [0, 0.1) is 11.2 Å². The van der Waals surface area contributed by atoms with Gasteiger partial charge in [-0.25, -0.2) is 4.39 Å². The van der Waals surface area contributed by atoms with Crippen LogP contribution in [0.25, 0.3) is 0 Å². The van der Waals surface area contributed by atoms with E-state index in [1.165, 1.54) is 6.07 Å². The van der Waals surface area contributed by atoms with Gasteiger partial charge in [0.1, 0.15) is 5.82 Å². The number of carbonyl (C=O) groups is 1. The summed E-state index contributed by atoms with van der Waals surface area (Å²) in [7, 11) is 0. The van der Waals surface area contributed by atoms with Crippen molar-refractivity contribution in [3.05, 3.63) is 82.1 Å². The molecule has 1 aliphatic rings. The number of allylic oxidation sites excluding steroid dienone is 1. The van der Waals surface area contributed by atoms with Gasteiger partial charge in [0, 0.05) is 17.0 Å². The van der Waals surface area contributed by atoms with E-state index in [-0.39, 0.29) is 28.9 Å². The number of amides is 1. The predicted octanol–water partition coefficient (Wildman–Crippen LogP) is 7.18. The highest BCUT2D eigenvalue weighted by atomic mass is 35.5. The zero-order valence-electron chi connectivity index (χ0n) is 17.0. The fraction of sp³-hybridized carbons (Fsp3) is 0.375. The smallest absolute Gasteiger partial charge is 0.229 e. The Bertz CT molecular complexity index is 912. The molecule has 0 radical (unpaired) electrons. The standard InChI is InChI=1S/C24H26Cl2FNO/c1-5-12-24(4)14-19(17-8-11-21(27)20(26)13-17)22(28(15(2)3)23(24)29)16-6-9-18(25)10-7-16/h5-11,13,15,19,22H,1,12,14H2,2-4H3. The number of hydrogen-bond acceptors (Lipinski definition) is 1. The average molecular weight is 434 g/mol. The number of rotatable bonds is 5. The van der Waals surface area contributed by atoms with Crippen molar-refractivity contribution < 1.29 is 9.18 Å². The third kappa shape index (κ3) is 4.22. The average Bonchev–Trinajstić information content (AvgIpc) is 2.66. The van der Waals surface area contributed by atoms with E-state index in [4.69, 9.17) is 23.2 Å². The molecule has 1 fully saturated rings. The fourth-order valence-corrected chi connectivity index (χ4v) is 4.77. The fourth-order valence-electron chi connectivity index (χ4n) is 4.46. The number of piperidine rings is 1. The van der Waals surface area contributed by atoms with E-state index in [0.717, 1.165) is 11.1 Å². The lowest BCUT2D eigenvalue weighted by molar-refractivity contribution is -0.153. The van der Waals surface area contributed by atoms with E-state index in [1.54, 1.807) is 18.2 Å². The molecular weight excluding hydrogens is 408 g/mol. The van der Waals surface area contributed by atoms with Gasteiger partial charge in [-0.15, -0.1) is 6.58 Å². The predicted molar refractivity (Wildman–Crippen MR) is 118 cm³/mol. The maximum Gasteiger partial charge on any atom is 0.229 e. The summed E-state index contributed by atoms with van der Waals surface area (Å²) in [5.74, 6) is -0.379. The minimum absolute atomic E-state index is 0.00830. The van der Waals surface area contributed by atoms with Crippen LogP contribution in [-0.4, -0.2) is 16.8 Å². The molecular formula is C24H26Cl2FNO. The molecule has 0 spiro atoms. The van der Waals surface area contributed by atoms with Crippen molar-refractivity contribution >= 4 is 29.1 Å². The van der Waals surface area contributed by atoms with Gasteiger partial charge in [-0.3, -0.25) is 4.79 Å². The molecule has 0 saturated carbocycles. The van der Waals surface area contributed by atoms with E-state index in [0.29, 0.717) is 17.9 Å². The number of likely N-dealkylation sites (tertiary alicyclic amines) is 1. The lowest BCUT2D eigenvalue weighted by Gasteiger charge is -2.51. The number of halogens is 3. The SMILES string of the molecule is C=CCC1(C)CC(c2ccc(F)c(Cl)c2)C(c2ccc(Cl)cc2)N(C(C)C)C1=O. The minimum Gasteiger partial charge on any atom is -0.332 e. The van der Waals surface area contributed by atoms with Crippen molar-refractivity contribution in [2.24, 2.45) is 5.41 Å². The van der Waals surface area contributed by atoms with Crippen molar-refractivity contribution in [1.29, 1.82) is 0 Å². The van der Waals surface area contributed by atoms with Crippen molar-refractivity contribution in [1.82, 2.24) is 4.90 Å². The molecule has 1 heterocycles. The Morgan fingerprint density at radius 1 is 1.21 bits per heavy atom. The maximum atomic E-state index is 13.8. The van der Waals surface area contributed by atoms with Crippen LogP contribution in [0.2, 0.25) is 10.0 Å². The first kappa shape index (κ1) is 21.9.